The average Bonchev–Trinajstić information content (AvgIpc) is 2.60. The Labute approximate surface area is 162 Å². The first kappa shape index (κ1) is 20.7. The zero-order valence-electron chi connectivity index (χ0n) is 15.0. The van der Waals surface area contributed by atoms with Gasteiger partial charge in [-0.05, 0) is 37.3 Å². The highest BCUT2D eigenvalue weighted by Crippen LogP contribution is 2.26. The van der Waals surface area contributed by atoms with Crippen LogP contribution in [0.2, 0.25) is 5.02 Å². The van der Waals surface area contributed by atoms with Crippen LogP contribution in [0.4, 0.5) is 11.4 Å². The molecule has 0 unspecified atom stereocenters. The molecule has 0 aliphatic carbocycles. The Balaban J connectivity index is 2.29. The van der Waals surface area contributed by atoms with Crippen molar-refractivity contribution < 1.29 is 22.7 Å². The van der Waals surface area contributed by atoms with Gasteiger partial charge >= 0.3 is 5.97 Å². The zero-order chi connectivity index (χ0) is 20.2. The molecule has 9 heteroatoms. The van der Waals surface area contributed by atoms with Crippen LogP contribution in [0.15, 0.2) is 42.5 Å². The molecule has 0 atom stereocenters. The van der Waals surface area contributed by atoms with Gasteiger partial charge < -0.3 is 10.1 Å². The summed E-state index contributed by atoms with van der Waals surface area (Å²) in [7, 11) is -2.07. The average molecular weight is 411 g/mol. The molecule has 0 aromatic heterocycles. The summed E-state index contributed by atoms with van der Waals surface area (Å²) in [5, 5.41) is 2.71. The van der Waals surface area contributed by atoms with E-state index in [0.717, 1.165) is 10.6 Å². The number of benzene rings is 2. The molecule has 2 aromatic rings. The highest BCUT2D eigenvalue weighted by Gasteiger charge is 2.18. The molecule has 144 valence electrons. The predicted molar refractivity (Wildman–Crippen MR) is 105 cm³/mol. The molecule has 0 heterocycles. The van der Waals surface area contributed by atoms with Crippen LogP contribution >= 0.6 is 11.6 Å². The summed E-state index contributed by atoms with van der Waals surface area (Å²) < 4.78 is 29.3. The molecule has 0 fully saturated rings. The molecule has 0 aliphatic rings. The summed E-state index contributed by atoms with van der Waals surface area (Å²) in [5.41, 5.74) is 0.971. The Morgan fingerprint density at radius 1 is 1.15 bits per heavy atom. The number of para-hydroxylation sites is 1. The van der Waals surface area contributed by atoms with Crippen molar-refractivity contribution in [2.24, 2.45) is 0 Å². The summed E-state index contributed by atoms with van der Waals surface area (Å²) in [6, 6.07) is 10.7. The van der Waals surface area contributed by atoms with Crippen LogP contribution in [-0.4, -0.2) is 40.2 Å². The Kier molecular flexibility index (Phi) is 6.45. The SMILES string of the molecule is CCOC(=O)c1ccccc1NC(=O)c1ccc(N(C)S(C)(=O)=O)cc1Cl. The zero-order valence-corrected chi connectivity index (χ0v) is 16.6. The van der Waals surface area contributed by atoms with Gasteiger partial charge in [-0.25, -0.2) is 13.2 Å². The fourth-order valence-electron chi connectivity index (χ4n) is 2.24. The molecule has 1 amide bonds. The van der Waals surface area contributed by atoms with E-state index in [-0.39, 0.29) is 28.4 Å². The molecule has 0 saturated carbocycles. The third-order valence-electron chi connectivity index (χ3n) is 3.73. The Hall–Kier alpha value is -2.58. The van der Waals surface area contributed by atoms with Gasteiger partial charge in [0.1, 0.15) is 0 Å². The number of nitrogens with zero attached hydrogens (tertiary/aromatic N) is 1. The van der Waals surface area contributed by atoms with Crippen LogP contribution in [0.25, 0.3) is 0 Å². The summed E-state index contributed by atoms with van der Waals surface area (Å²) in [6.45, 7) is 1.90. The van der Waals surface area contributed by atoms with Gasteiger partial charge in [0.05, 0.1) is 40.4 Å². The largest absolute Gasteiger partial charge is 0.462 e. The van der Waals surface area contributed by atoms with Gasteiger partial charge in [0, 0.05) is 7.05 Å². The molecule has 0 radical (unpaired) electrons. The Bertz CT molecular complexity index is 975. The molecule has 0 bridgehead atoms. The number of carbonyl (C=O) groups excluding carboxylic acids is 2. The lowest BCUT2D eigenvalue weighted by atomic mass is 10.1. The highest BCUT2D eigenvalue weighted by atomic mass is 35.5. The molecule has 2 rings (SSSR count). The van der Waals surface area contributed by atoms with Crippen molar-refractivity contribution in [1.29, 1.82) is 0 Å². The standard InChI is InChI=1S/C18H19ClN2O5S/c1-4-26-18(23)14-7-5-6-8-16(14)20-17(22)13-10-9-12(11-15(13)19)21(2)27(3,24)25/h5-11H,4H2,1-3H3,(H,20,22). The number of carbonyl (C=O) groups is 2. The molecule has 0 saturated heterocycles. The van der Waals surface area contributed by atoms with Crippen molar-refractivity contribution in [1.82, 2.24) is 0 Å². The van der Waals surface area contributed by atoms with E-state index < -0.39 is 21.9 Å². The van der Waals surface area contributed by atoms with E-state index in [1.807, 2.05) is 0 Å². The van der Waals surface area contributed by atoms with Crippen molar-refractivity contribution in [2.75, 3.05) is 29.5 Å². The molecule has 1 N–H and O–H groups in total. The topological polar surface area (TPSA) is 92.8 Å². The van der Waals surface area contributed by atoms with Crippen LogP contribution in [0.3, 0.4) is 0 Å². The number of amides is 1. The van der Waals surface area contributed by atoms with Crippen LogP contribution in [0.1, 0.15) is 27.6 Å². The molecule has 0 spiro atoms. The number of nitrogens with one attached hydrogen (secondary N) is 1. The minimum Gasteiger partial charge on any atom is -0.462 e. The van der Waals surface area contributed by atoms with E-state index in [9.17, 15) is 18.0 Å². The van der Waals surface area contributed by atoms with E-state index in [1.54, 1.807) is 31.2 Å². The number of anilines is 2. The van der Waals surface area contributed by atoms with E-state index in [0.29, 0.717) is 5.69 Å². The fraction of sp³-hybridized carbons (Fsp3) is 0.222. The minimum absolute atomic E-state index is 0.0779. The second kappa shape index (κ2) is 8.41. The Morgan fingerprint density at radius 3 is 2.41 bits per heavy atom. The van der Waals surface area contributed by atoms with E-state index in [2.05, 4.69) is 5.32 Å². The normalized spacial score (nSPS) is 11.0. The number of hydrogen-bond acceptors (Lipinski definition) is 5. The van der Waals surface area contributed by atoms with Crippen molar-refractivity contribution in [3.8, 4) is 0 Å². The van der Waals surface area contributed by atoms with Crippen LogP contribution in [0, 0.1) is 0 Å². The number of halogens is 1. The Morgan fingerprint density at radius 2 is 1.81 bits per heavy atom. The van der Waals surface area contributed by atoms with E-state index in [1.165, 1.54) is 25.2 Å². The monoisotopic (exact) mass is 410 g/mol. The summed E-state index contributed by atoms with van der Waals surface area (Å²) in [5.74, 6) is -1.09. The van der Waals surface area contributed by atoms with Gasteiger partial charge in [-0.2, -0.15) is 0 Å². The first-order chi connectivity index (χ1) is 12.6. The van der Waals surface area contributed by atoms with Crippen molar-refractivity contribution >= 4 is 44.9 Å². The first-order valence-electron chi connectivity index (χ1n) is 7.96. The fourth-order valence-corrected chi connectivity index (χ4v) is 3.00. The van der Waals surface area contributed by atoms with E-state index in [4.69, 9.17) is 16.3 Å². The first-order valence-corrected chi connectivity index (χ1v) is 10.2. The third kappa shape index (κ3) is 4.99. The molecule has 27 heavy (non-hydrogen) atoms. The molecular formula is C18H19ClN2O5S. The van der Waals surface area contributed by atoms with Gasteiger partial charge in [-0.3, -0.25) is 9.10 Å². The maximum Gasteiger partial charge on any atom is 0.340 e. The second-order valence-electron chi connectivity index (χ2n) is 5.61. The minimum atomic E-state index is -3.45. The molecule has 7 nitrogen and oxygen atoms in total. The number of ether oxygens (including phenoxy) is 1. The predicted octanol–water partition coefficient (Wildman–Crippen LogP) is 3.16. The number of hydrogen-bond donors (Lipinski definition) is 1. The quantitative estimate of drug-likeness (QED) is 0.738. The van der Waals surface area contributed by atoms with Gasteiger partial charge in [0.15, 0.2) is 0 Å². The third-order valence-corrected chi connectivity index (χ3v) is 5.25. The summed E-state index contributed by atoms with van der Waals surface area (Å²) in [6.07, 6.45) is 1.06. The second-order valence-corrected chi connectivity index (χ2v) is 8.04. The van der Waals surface area contributed by atoms with Gasteiger partial charge in [-0.1, -0.05) is 23.7 Å². The maximum atomic E-state index is 12.6. The lowest BCUT2D eigenvalue weighted by molar-refractivity contribution is 0.0527. The summed E-state index contributed by atoms with van der Waals surface area (Å²) >= 11 is 6.16. The molecular weight excluding hydrogens is 392 g/mol. The van der Waals surface area contributed by atoms with Crippen molar-refractivity contribution in [2.45, 2.75) is 6.92 Å². The van der Waals surface area contributed by atoms with Crippen molar-refractivity contribution in [3.05, 3.63) is 58.6 Å². The van der Waals surface area contributed by atoms with Crippen LogP contribution in [0.5, 0.6) is 0 Å². The van der Waals surface area contributed by atoms with Crippen molar-refractivity contribution in [3.63, 3.8) is 0 Å². The van der Waals surface area contributed by atoms with Gasteiger partial charge in [0.2, 0.25) is 10.0 Å². The number of esters is 1. The smallest absolute Gasteiger partial charge is 0.340 e. The van der Waals surface area contributed by atoms with Gasteiger partial charge in [-0.15, -0.1) is 0 Å². The van der Waals surface area contributed by atoms with Gasteiger partial charge in [0.25, 0.3) is 5.91 Å². The lowest BCUT2D eigenvalue weighted by Gasteiger charge is -2.17. The van der Waals surface area contributed by atoms with Crippen LogP contribution in [-0.2, 0) is 14.8 Å². The maximum absolute atomic E-state index is 12.6. The molecule has 2 aromatic carbocycles. The number of sulfonamides is 1. The lowest BCUT2D eigenvalue weighted by Crippen LogP contribution is -2.25. The van der Waals surface area contributed by atoms with Crippen LogP contribution < -0.4 is 9.62 Å². The molecule has 0 aliphatic heterocycles. The number of rotatable bonds is 6. The van der Waals surface area contributed by atoms with E-state index >= 15 is 0 Å². The summed E-state index contributed by atoms with van der Waals surface area (Å²) in [4.78, 5) is 24.6. The highest BCUT2D eigenvalue weighted by molar-refractivity contribution is 7.92.